The van der Waals surface area contributed by atoms with Crippen molar-refractivity contribution in [2.45, 2.75) is 20.3 Å². The van der Waals surface area contributed by atoms with Gasteiger partial charge in [0.2, 0.25) is 0 Å². The van der Waals surface area contributed by atoms with E-state index in [4.69, 9.17) is 9.47 Å². The molecule has 4 heteroatoms. The molecule has 0 N–H and O–H groups in total. The van der Waals surface area contributed by atoms with Gasteiger partial charge >= 0.3 is 0 Å². The number of amides is 1. The average molecular weight is 277 g/mol. The fourth-order valence-corrected chi connectivity index (χ4v) is 2.32. The summed E-state index contributed by atoms with van der Waals surface area (Å²) < 4.78 is 10.9. The molecule has 0 bridgehead atoms. The number of carbonyl (C=O) groups is 1. The summed E-state index contributed by atoms with van der Waals surface area (Å²) in [5, 5.41) is 0. The van der Waals surface area contributed by atoms with Gasteiger partial charge in [0.05, 0.1) is 6.61 Å². The predicted molar refractivity (Wildman–Crippen MR) is 77.9 cm³/mol. The lowest BCUT2D eigenvalue weighted by Crippen LogP contribution is -2.38. The van der Waals surface area contributed by atoms with E-state index in [-0.39, 0.29) is 12.5 Å². The fourth-order valence-electron chi connectivity index (χ4n) is 2.32. The van der Waals surface area contributed by atoms with Gasteiger partial charge in [-0.25, -0.2) is 0 Å². The summed E-state index contributed by atoms with van der Waals surface area (Å²) >= 11 is 0. The lowest BCUT2D eigenvalue weighted by molar-refractivity contribution is -0.133. The number of hydrogen-bond acceptors (Lipinski definition) is 3. The first kappa shape index (κ1) is 14.9. The van der Waals surface area contributed by atoms with Gasteiger partial charge in [0, 0.05) is 25.6 Å². The van der Waals surface area contributed by atoms with Crippen LogP contribution in [0.2, 0.25) is 0 Å². The van der Waals surface area contributed by atoms with E-state index in [1.807, 2.05) is 43.0 Å². The molecule has 2 rings (SSSR count). The molecule has 1 fully saturated rings. The Balaban J connectivity index is 1.80. The third kappa shape index (κ3) is 4.23. The van der Waals surface area contributed by atoms with Crippen LogP contribution >= 0.6 is 0 Å². The normalized spacial score (nSPS) is 18.0. The minimum Gasteiger partial charge on any atom is -0.484 e. The minimum atomic E-state index is 0.0416. The van der Waals surface area contributed by atoms with Crippen molar-refractivity contribution in [2.24, 2.45) is 5.92 Å². The van der Waals surface area contributed by atoms with E-state index < -0.39 is 0 Å². The standard InChI is InChI=1S/C16H23NO3/c1-3-17(10-14-8-9-19-11-14)16(18)12-20-15-6-4-13(2)5-7-15/h4-7,14H,3,8-12H2,1-2H3. The molecular formula is C16H23NO3. The highest BCUT2D eigenvalue weighted by atomic mass is 16.5. The van der Waals surface area contributed by atoms with E-state index in [0.717, 1.165) is 31.9 Å². The SMILES string of the molecule is CCN(CC1CCOC1)C(=O)COc1ccc(C)cc1. The van der Waals surface area contributed by atoms with Gasteiger partial charge < -0.3 is 14.4 Å². The largest absolute Gasteiger partial charge is 0.484 e. The third-order valence-electron chi connectivity index (χ3n) is 3.62. The zero-order valence-electron chi connectivity index (χ0n) is 12.3. The minimum absolute atomic E-state index is 0.0416. The molecule has 0 aromatic heterocycles. The molecule has 1 amide bonds. The molecule has 1 heterocycles. The van der Waals surface area contributed by atoms with Gasteiger partial charge in [-0.2, -0.15) is 0 Å². The van der Waals surface area contributed by atoms with Crippen molar-refractivity contribution in [3.63, 3.8) is 0 Å². The van der Waals surface area contributed by atoms with Crippen molar-refractivity contribution in [3.05, 3.63) is 29.8 Å². The summed E-state index contributed by atoms with van der Waals surface area (Å²) in [7, 11) is 0. The van der Waals surface area contributed by atoms with E-state index in [1.54, 1.807) is 0 Å². The number of aryl methyl sites for hydroxylation is 1. The molecule has 0 aliphatic carbocycles. The van der Waals surface area contributed by atoms with Crippen LogP contribution in [0.15, 0.2) is 24.3 Å². The molecule has 110 valence electrons. The number of likely N-dealkylation sites (N-methyl/N-ethyl adjacent to an activating group) is 1. The molecule has 1 saturated heterocycles. The van der Waals surface area contributed by atoms with Crippen LogP contribution in [0.25, 0.3) is 0 Å². The summed E-state index contributed by atoms with van der Waals surface area (Å²) in [4.78, 5) is 14.0. The van der Waals surface area contributed by atoms with Crippen molar-refractivity contribution in [1.82, 2.24) is 4.90 Å². The monoisotopic (exact) mass is 277 g/mol. The molecule has 0 radical (unpaired) electrons. The van der Waals surface area contributed by atoms with Gasteiger partial charge in [-0.3, -0.25) is 4.79 Å². The molecule has 1 unspecified atom stereocenters. The maximum atomic E-state index is 12.2. The maximum absolute atomic E-state index is 12.2. The molecule has 1 aromatic rings. The second kappa shape index (κ2) is 7.29. The molecule has 1 atom stereocenters. The van der Waals surface area contributed by atoms with Crippen molar-refractivity contribution >= 4 is 5.91 Å². The first-order valence-electron chi connectivity index (χ1n) is 7.24. The first-order chi connectivity index (χ1) is 9.69. The van der Waals surface area contributed by atoms with Crippen LogP contribution in [0.5, 0.6) is 5.75 Å². The summed E-state index contributed by atoms with van der Waals surface area (Å²) in [6, 6.07) is 7.74. The maximum Gasteiger partial charge on any atom is 0.260 e. The van der Waals surface area contributed by atoms with Crippen LogP contribution in [-0.2, 0) is 9.53 Å². The Morgan fingerprint density at radius 3 is 2.75 bits per heavy atom. The fraction of sp³-hybridized carbons (Fsp3) is 0.562. The second-order valence-electron chi connectivity index (χ2n) is 5.26. The Morgan fingerprint density at radius 2 is 2.15 bits per heavy atom. The molecule has 1 aromatic carbocycles. The number of carbonyl (C=O) groups excluding carboxylic acids is 1. The molecule has 0 spiro atoms. The number of ether oxygens (including phenoxy) is 2. The number of nitrogens with zero attached hydrogens (tertiary/aromatic N) is 1. The van der Waals surface area contributed by atoms with E-state index >= 15 is 0 Å². The Labute approximate surface area is 120 Å². The van der Waals surface area contributed by atoms with Crippen LogP contribution < -0.4 is 4.74 Å². The van der Waals surface area contributed by atoms with Crippen molar-refractivity contribution in [1.29, 1.82) is 0 Å². The smallest absolute Gasteiger partial charge is 0.260 e. The van der Waals surface area contributed by atoms with E-state index in [1.165, 1.54) is 5.56 Å². The molecule has 0 saturated carbocycles. The Bertz CT molecular complexity index is 424. The van der Waals surface area contributed by atoms with Gasteiger partial charge in [0.1, 0.15) is 5.75 Å². The van der Waals surface area contributed by atoms with Crippen LogP contribution in [0.3, 0.4) is 0 Å². The molecule has 20 heavy (non-hydrogen) atoms. The zero-order chi connectivity index (χ0) is 14.4. The summed E-state index contributed by atoms with van der Waals surface area (Å²) in [5.74, 6) is 1.25. The summed E-state index contributed by atoms with van der Waals surface area (Å²) in [6.45, 7) is 7.19. The van der Waals surface area contributed by atoms with Crippen LogP contribution in [0, 0.1) is 12.8 Å². The van der Waals surface area contributed by atoms with Crippen LogP contribution in [0.1, 0.15) is 18.9 Å². The Morgan fingerprint density at radius 1 is 1.40 bits per heavy atom. The van der Waals surface area contributed by atoms with Gasteiger partial charge in [-0.1, -0.05) is 17.7 Å². The van der Waals surface area contributed by atoms with E-state index in [2.05, 4.69) is 0 Å². The van der Waals surface area contributed by atoms with Gasteiger partial charge in [-0.15, -0.1) is 0 Å². The van der Waals surface area contributed by atoms with E-state index in [9.17, 15) is 4.79 Å². The topological polar surface area (TPSA) is 38.8 Å². The van der Waals surface area contributed by atoms with Crippen molar-refractivity contribution < 1.29 is 14.3 Å². The van der Waals surface area contributed by atoms with Crippen LogP contribution in [0.4, 0.5) is 0 Å². The third-order valence-corrected chi connectivity index (χ3v) is 3.62. The highest BCUT2D eigenvalue weighted by Crippen LogP contribution is 2.15. The number of benzene rings is 1. The predicted octanol–water partition coefficient (Wildman–Crippen LogP) is 2.26. The van der Waals surface area contributed by atoms with Crippen molar-refractivity contribution in [2.75, 3.05) is 32.9 Å². The summed E-state index contributed by atoms with van der Waals surface area (Å²) in [5.41, 5.74) is 1.18. The van der Waals surface area contributed by atoms with E-state index in [0.29, 0.717) is 12.5 Å². The molecule has 4 nitrogen and oxygen atoms in total. The first-order valence-corrected chi connectivity index (χ1v) is 7.24. The molecular weight excluding hydrogens is 254 g/mol. The average Bonchev–Trinajstić information content (AvgIpc) is 2.97. The Hall–Kier alpha value is -1.55. The molecule has 1 aliphatic rings. The van der Waals surface area contributed by atoms with Crippen molar-refractivity contribution in [3.8, 4) is 5.75 Å². The van der Waals surface area contributed by atoms with Gasteiger partial charge in [-0.05, 0) is 32.4 Å². The van der Waals surface area contributed by atoms with Crippen LogP contribution in [-0.4, -0.2) is 43.7 Å². The quantitative estimate of drug-likeness (QED) is 0.800. The number of hydrogen-bond donors (Lipinski definition) is 0. The lowest BCUT2D eigenvalue weighted by Gasteiger charge is -2.23. The highest BCUT2D eigenvalue weighted by Gasteiger charge is 2.21. The highest BCUT2D eigenvalue weighted by molar-refractivity contribution is 5.77. The summed E-state index contributed by atoms with van der Waals surface area (Å²) in [6.07, 6.45) is 1.04. The number of rotatable bonds is 6. The lowest BCUT2D eigenvalue weighted by atomic mass is 10.1. The van der Waals surface area contributed by atoms with Gasteiger partial charge in [0.15, 0.2) is 6.61 Å². The second-order valence-corrected chi connectivity index (χ2v) is 5.26. The van der Waals surface area contributed by atoms with Gasteiger partial charge in [0.25, 0.3) is 5.91 Å². The Kier molecular flexibility index (Phi) is 5.41. The molecule has 1 aliphatic heterocycles. The zero-order valence-corrected chi connectivity index (χ0v) is 12.3.